The van der Waals surface area contributed by atoms with Crippen molar-refractivity contribution in [2.24, 2.45) is 0 Å². The van der Waals surface area contributed by atoms with E-state index in [9.17, 15) is 4.79 Å². The van der Waals surface area contributed by atoms with Gasteiger partial charge in [-0.3, -0.25) is 9.78 Å². The number of rotatable bonds is 5. The van der Waals surface area contributed by atoms with E-state index in [-0.39, 0.29) is 11.9 Å². The van der Waals surface area contributed by atoms with Gasteiger partial charge in [0.25, 0.3) is 5.91 Å². The molecule has 0 aliphatic carbocycles. The maximum atomic E-state index is 11.9. The highest BCUT2D eigenvalue weighted by atomic mass is 16.1. The molecule has 0 saturated heterocycles. The molecule has 0 radical (unpaired) electrons. The Morgan fingerprint density at radius 2 is 1.90 bits per heavy atom. The Morgan fingerprint density at radius 1 is 1.19 bits per heavy atom. The number of pyridine rings is 1. The van der Waals surface area contributed by atoms with Crippen molar-refractivity contribution in [1.29, 1.82) is 0 Å². The summed E-state index contributed by atoms with van der Waals surface area (Å²) in [5.41, 5.74) is 3.84. The number of hydrogen-bond donors (Lipinski definition) is 2. The van der Waals surface area contributed by atoms with Crippen LogP contribution in [0.15, 0.2) is 42.7 Å². The van der Waals surface area contributed by atoms with Crippen LogP contribution in [0.5, 0.6) is 0 Å². The van der Waals surface area contributed by atoms with Gasteiger partial charge in [-0.1, -0.05) is 29.8 Å². The molecule has 1 aromatic carbocycles. The zero-order chi connectivity index (χ0) is 15.2. The van der Waals surface area contributed by atoms with Crippen LogP contribution in [-0.4, -0.2) is 16.9 Å². The monoisotopic (exact) mass is 283 g/mol. The van der Waals surface area contributed by atoms with Crippen LogP contribution in [-0.2, 0) is 6.54 Å². The summed E-state index contributed by atoms with van der Waals surface area (Å²) >= 11 is 0. The van der Waals surface area contributed by atoms with Crippen LogP contribution in [0.1, 0.15) is 35.3 Å². The molecule has 110 valence electrons. The maximum absolute atomic E-state index is 11.9. The molecule has 2 rings (SSSR count). The first-order valence-electron chi connectivity index (χ1n) is 7.10. The molecular formula is C17H21N3O. The summed E-state index contributed by atoms with van der Waals surface area (Å²) in [4.78, 5) is 16.1. The first-order chi connectivity index (χ1) is 10.0. The van der Waals surface area contributed by atoms with E-state index >= 15 is 0 Å². The minimum absolute atomic E-state index is 0.100. The van der Waals surface area contributed by atoms with Crippen LogP contribution in [0.4, 0.5) is 5.69 Å². The van der Waals surface area contributed by atoms with Gasteiger partial charge in [-0.2, -0.15) is 0 Å². The van der Waals surface area contributed by atoms with Gasteiger partial charge in [0.2, 0.25) is 0 Å². The zero-order valence-corrected chi connectivity index (χ0v) is 12.7. The van der Waals surface area contributed by atoms with E-state index in [4.69, 9.17) is 0 Å². The van der Waals surface area contributed by atoms with Crippen LogP contribution in [0.25, 0.3) is 0 Å². The lowest BCUT2D eigenvalue weighted by Crippen LogP contribution is -2.30. The predicted molar refractivity (Wildman–Crippen MR) is 85.3 cm³/mol. The van der Waals surface area contributed by atoms with Crippen LogP contribution in [0, 0.1) is 6.92 Å². The molecule has 2 aromatic rings. The Hall–Kier alpha value is -2.36. The summed E-state index contributed by atoms with van der Waals surface area (Å²) in [6.45, 7) is 6.64. The van der Waals surface area contributed by atoms with Crippen LogP contribution < -0.4 is 10.6 Å². The molecule has 0 aliphatic heterocycles. The second kappa shape index (κ2) is 6.88. The first kappa shape index (κ1) is 15.0. The Balaban J connectivity index is 2.00. The van der Waals surface area contributed by atoms with E-state index < -0.39 is 0 Å². The SMILES string of the molecule is Cc1ccc(CNc2cncc(C(=O)NC(C)C)c2)cc1. The van der Waals surface area contributed by atoms with E-state index in [2.05, 4.69) is 46.8 Å². The lowest BCUT2D eigenvalue weighted by molar-refractivity contribution is 0.0943. The van der Waals surface area contributed by atoms with Crippen molar-refractivity contribution in [3.8, 4) is 0 Å². The number of aromatic nitrogens is 1. The highest BCUT2D eigenvalue weighted by Gasteiger charge is 2.07. The summed E-state index contributed by atoms with van der Waals surface area (Å²) in [6, 6.07) is 10.3. The molecule has 4 nitrogen and oxygen atoms in total. The molecule has 2 N–H and O–H groups in total. The second-order valence-corrected chi connectivity index (χ2v) is 5.43. The summed E-state index contributed by atoms with van der Waals surface area (Å²) in [5, 5.41) is 6.15. The van der Waals surface area contributed by atoms with Gasteiger partial charge in [0.15, 0.2) is 0 Å². The summed E-state index contributed by atoms with van der Waals surface area (Å²) in [5.74, 6) is -0.100. The Labute approximate surface area is 125 Å². The van der Waals surface area contributed by atoms with E-state index in [1.807, 2.05) is 19.9 Å². The van der Waals surface area contributed by atoms with Gasteiger partial charge in [-0.05, 0) is 32.4 Å². The molecule has 0 fully saturated rings. The standard InChI is InChI=1S/C17H21N3O/c1-12(2)20-17(21)15-8-16(11-18-10-15)19-9-14-6-4-13(3)5-7-14/h4-8,10-12,19H,9H2,1-3H3,(H,20,21). The lowest BCUT2D eigenvalue weighted by Gasteiger charge is -2.10. The van der Waals surface area contributed by atoms with Crippen LogP contribution >= 0.6 is 0 Å². The largest absolute Gasteiger partial charge is 0.380 e. The number of carbonyl (C=O) groups excluding carboxylic acids is 1. The molecule has 0 saturated carbocycles. The fourth-order valence-electron chi connectivity index (χ4n) is 1.92. The summed E-state index contributed by atoms with van der Waals surface area (Å²) < 4.78 is 0. The number of amides is 1. The van der Waals surface area contributed by atoms with E-state index in [1.54, 1.807) is 12.4 Å². The number of nitrogens with one attached hydrogen (secondary N) is 2. The van der Waals surface area contributed by atoms with Gasteiger partial charge in [-0.25, -0.2) is 0 Å². The third-order valence-electron chi connectivity index (χ3n) is 3.04. The highest BCUT2D eigenvalue weighted by Crippen LogP contribution is 2.11. The average molecular weight is 283 g/mol. The van der Waals surface area contributed by atoms with Crippen molar-refractivity contribution in [1.82, 2.24) is 10.3 Å². The van der Waals surface area contributed by atoms with Gasteiger partial charge in [0.05, 0.1) is 11.3 Å². The maximum Gasteiger partial charge on any atom is 0.253 e. The first-order valence-corrected chi connectivity index (χ1v) is 7.10. The van der Waals surface area contributed by atoms with Crippen molar-refractivity contribution < 1.29 is 4.79 Å². The number of anilines is 1. The Kier molecular flexibility index (Phi) is 4.93. The smallest absolute Gasteiger partial charge is 0.253 e. The van der Waals surface area contributed by atoms with Crippen molar-refractivity contribution in [2.45, 2.75) is 33.4 Å². The zero-order valence-electron chi connectivity index (χ0n) is 12.7. The van der Waals surface area contributed by atoms with Crippen molar-refractivity contribution >= 4 is 11.6 Å². The third-order valence-corrected chi connectivity index (χ3v) is 3.04. The minimum Gasteiger partial charge on any atom is -0.380 e. The third kappa shape index (κ3) is 4.60. The molecule has 0 atom stereocenters. The number of aryl methyl sites for hydroxylation is 1. The molecule has 21 heavy (non-hydrogen) atoms. The quantitative estimate of drug-likeness (QED) is 0.886. The molecule has 1 aromatic heterocycles. The Bertz CT molecular complexity index is 606. The highest BCUT2D eigenvalue weighted by molar-refractivity contribution is 5.94. The summed E-state index contributed by atoms with van der Waals surface area (Å²) in [7, 11) is 0. The number of benzene rings is 1. The Morgan fingerprint density at radius 3 is 2.57 bits per heavy atom. The lowest BCUT2D eigenvalue weighted by atomic mass is 10.1. The molecular weight excluding hydrogens is 262 g/mol. The minimum atomic E-state index is -0.100. The number of hydrogen-bond acceptors (Lipinski definition) is 3. The molecule has 0 bridgehead atoms. The fraction of sp³-hybridized carbons (Fsp3) is 0.294. The van der Waals surface area contributed by atoms with Gasteiger partial charge in [0.1, 0.15) is 0 Å². The van der Waals surface area contributed by atoms with Crippen LogP contribution in [0.3, 0.4) is 0 Å². The van der Waals surface area contributed by atoms with E-state index in [0.29, 0.717) is 12.1 Å². The normalized spacial score (nSPS) is 10.5. The molecule has 1 amide bonds. The molecule has 0 unspecified atom stereocenters. The fourth-order valence-corrected chi connectivity index (χ4v) is 1.92. The topological polar surface area (TPSA) is 54.0 Å². The molecule has 4 heteroatoms. The van der Waals surface area contributed by atoms with Crippen LogP contribution in [0.2, 0.25) is 0 Å². The molecule has 0 spiro atoms. The molecule has 1 heterocycles. The summed E-state index contributed by atoms with van der Waals surface area (Å²) in [6.07, 6.45) is 3.30. The average Bonchev–Trinajstić information content (AvgIpc) is 2.46. The van der Waals surface area contributed by atoms with E-state index in [1.165, 1.54) is 11.1 Å². The number of nitrogens with zero attached hydrogens (tertiary/aromatic N) is 1. The van der Waals surface area contributed by atoms with Crippen molar-refractivity contribution in [3.05, 3.63) is 59.4 Å². The number of carbonyl (C=O) groups is 1. The molecule has 0 aliphatic rings. The predicted octanol–water partition coefficient (Wildman–Crippen LogP) is 3.14. The van der Waals surface area contributed by atoms with Gasteiger partial charge >= 0.3 is 0 Å². The van der Waals surface area contributed by atoms with Gasteiger partial charge in [-0.15, -0.1) is 0 Å². The second-order valence-electron chi connectivity index (χ2n) is 5.43. The van der Waals surface area contributed by atoms with E-state index in [0.717, 1.165) is 5.69 Å². The van der Waals surface area contributed by atoms with Gasteiger partial charge in [0, 0.05) is 25.0 Å². The van der Waals surface area contributed by atoms with Crippen molar-refractivity contribution in [3.63, 3.8) is 0 Å². The van der Waals surface area contributed by atoms with Gasteiger partial charge < -0.3 is 10.6 Å². The van der Waals surface area contributed by atoms with Crippen molar-refractivity contribution in [2.75, 3.05) is 5.32 Å².